The van der Waals surface area contributed by atoms with Gasteiger partial charge < -0.3 is 14.4 Å². The molecule has 0 amide bonds. The number of rotatable bonds is 8. The molecule has 0 aliphatic rings. The van der Waals surface area contributed by atoms with Crippen molar-refractivity contribution in [3.05, 3.63) is 59.7 Å². The van der Waals surface area contributed by atoms with Crippen molar-refractivity contribution in [1.29, 1.82) is 0 Å². The molecule has 128 valence electrons. The second-order valence-corrected chi connectivity index (χ2v) is 6.08. The molecule has 0 heterocycles. The lowest BCUT2D eigenvalue weighted by molar-refractivity contribution is 0.0896. The fourth-order valence-electron chi connectivity index (χ4n) is 2.81. The summed E-state index contributed by atoms with van der Waals surface area (Å²) in [6.45, 7) is 0.697. The maximum absolute atomic E-state index is 12.9. The number of benzene rings is 2. The molecule has 1 atom stereocenters. The molecule has 0 saturated heterocycles. The summed E-state index contributed by atoms with van der Waals surface area (Å²) in [5, 5.41) is 0. The van der Waals surface area contributed by atoms with E-state index >= 15 is 0 Å². The van der Waals surface area contributed by atoms with Crippen LogP contribution in [0.4, 0.5) is 0 Å². The molecule has 0 saturated carbocycles. The van der Waals surface area contributed by atoms with Crippen molar-refractivity contribution in [3.8, 4) is 11.5 Å². The van der Waals surface area contributed by atoms with Gasteiger partial charge in [-0.15, -0.1) is 0 Å². The van der Waals surface area contributed by atoms with Crippen LogP contribution >= 0.6 is 0 Å². The third-order valence-corrected chi connectivity index (χ3v) is 3.94. The Bertz CT molecular complexity index is 668. The summed E-state index contributed by atoms with van der Waals surface area (Å²) in [4.78, 5) is 14.9. The SMILES string of the molecule is COc1ccc(C[C@H](CN(C)C)C(=O)c2ccccc2)cc1OC. The quantitative estimate of drug-likeness (QED) is 0.697. The summed E-state index contributed by atoms with van der Waals surface area (Å²) in [6, 6.07) is 15.3. The molecule has 0 spiro atoms. The van der Waals surface area contributed by atoms with Crippen LogP contribution in [-0.4, -0.2) is 45.5 Å². The van der Waals surface area contributed by atoms with Gasteiger partial charge in [-0.1, -0.05) is 36.4 Å². The number of carbonyl (C=O) groups is 1. The molecule has 2 rings (SSSR count). The number of carbonyl (C=O) groups excluding carboxylic acids is 1. The van der Waals surface area contributed by atoms with Crippen molar-refractivity contribution in [2.45, 2.75) is 6.42 Å². The molecule has 24 heavy (non-hydrogen) atoms. The van der Waals surface area contributed by atoms with E-state index in [9.17, 15) is 4.79 Å². The first kappa shape index (κ1) is 18.0. The normalized spacial score (nSPS) is 12.0. The maximum atomic E-state index is 12.9. The summed E-state index contributed by atoms with van der Waals surface area (Å²) >= 11 is 0. The molecule has 0 aromatic heterocycles. The van der Waals surface area contributed by atoms with Gasteiger partial charge in [-0.3, -0.25) is 4.79 Å². The van der Waals surface area contributed by atoms with Gasteiger partial charge in [0.1, 0.15) is 0 Å². The standard InChI is InChI=1S/C20H25NO3/c1-21(2)14-17(20(22)16-8-6-5-7-9-16)12-15-10-11-18(23-3)19(13-15)24-4/h5-11,13,17H,12,14H2,1-4H3/t17-/m1/s1. The Hall–Kier alpha value is -2.33. The predicted molar refractivity (Wildman–Crippen MR) is 96.1 cm³/mol. The molecule has 4 heteroatoms. The Morgan fingerprint density at radius 1 is 1.00 bits per heavy atom. The average Bonchev–Trinajstić information content (AvgIpc) is 2.60. The van der Waals surface area contributed by atoms with Gasteiger partial charge in [0.15, 0.2) is 17.3 Å². The van der Waals surface area contributed by atoms with Gasteiger partial charge in [0, 0.05) is 18.0 Å². The van der Waals surface area contributed by atoms with Crippen molar-refractivity contribution in [2.75, 3.05) is 34.9 Å². The topological polar surface area (TPSA) is 38.8 Å². The van der Waals surface area contributed by atoms with Crippen molar-refractivity contribution < 1.29 is 14.3 Å². The fourth-order valence-corrected chi connectivity index (χ4v) is 2.81. The van der Waals surface area contributed by atoms with Gasteiger partial charge in [-0.05, 0) is 38.2 Å². The summed E-state index contributed by atoms with van der Waals surface area (Å²) in [5.74, 6) is 1.44. The summed E-state index contributed by atoms with van der Waals surface area (Å²) in [6.07, 6.45) is 0.659. The third-order valence-electron chi connectivity index (χ3n) is 3.94. The number of hydrogen-bond acceptors (Lipinski definition) is 4. The Morgan fingerprint density at radius 2 is 1.67 bits per heavy atom. The second-order valence-electron chi connectivity index (χ2n) is 6.08. The Labute approximate surface area is 144 Å². The molecule has 0 N–H and O–H groups in total. The van der Waals surface area contributed by atoms with Crippen LogP contribution in [0.5, 0.6) is 11.5 Å². The number of methoxy groups -OCH3 is 2. The molecule has 0 radical (unpaired) electrons. The Balaban J connectivity index is 2.24. The van der Waals surface area contributed by atoms with Crippen molar-refractivity contribution in [3.63, 3.8) is 0 Å². The van der Waals surface area contributed by atoms with E-state index in [2.05, 4.69) is 0 Å². The number of ketones is 1. The zero-order valence-electron chi connectivity index (χ0n) is 14.8. The van der Waals surface area contributed by atoms with E-state index in [4.69, 9.17) is 9.47 Å². The number of Topliss-reactive ketones (excluding diaryl/α,β-unsaturated/α-hetero) is 1. The smallest absolute Gasteiger partial charge is 0.167 e. The van der Waals surface area contributed by atoms with Gasteiger partial charge in [-0.25, -0.2) is 0 Å². The Morgan fingerprint density at radius 3 is 2.25 bits per heavy atom. The van der Waals surface area contributed by atoms with Crippen molar-refractivity contribution >= 4 is 5.78 Å². The lowest BCUT2D eigenvalue weighted by atomic mass is 9.90. The summed E-state index contributed by atoms with van der Waals surface area (Å²) in [5.41, 5.74) is 1.81. The van der Waals surface area contributed by atoms with Gasteiger partial charge in [0.2, 0.25) is 0 Å². The van der Waals surface area contributed by atoms with E-state index < -0.39 is 0 Å². The number of nitrogens with zero attached hydrogens (tertiary/aromatic N) is 1. The van der Waals surface area contributed by atoms with E-state index in [1.807, 2.05) is 67.5 Å². The fraction of sp³-hybridized carbons (Fsp3) is 0.350. The molecule has 2 aromatic rings. The van der Waals surface area contributed by atoms with Crippen LogP contribution in [0.15, 0.2) is 48.5 Å². The highest BCUT2D eigenvalue weighted by Crippen LogP contribution is 2.29. The van der Waals surface area contributed by atoms with Crippen LogP contribution in [-0.2, 0) is 6.42 Å². The van der Waals surface area contributed by atoms with Crippen molar-refractivity contribution in [2.24, 2.45) is 5.92 Å². The number of hydrogen-bond donors (Lipinski definition) is 0. The van der Waals surface area contributed by atoms with Crippen LogP contribution in [0.2, 0.25) is 0 Å². The van der Waals surface area contributed by atoms with Gasteiger partial charge in [-0.2, -0.15) is 0 Å². The van der Waals surface area contributed by atoms with Gasteiger partial charge in [0.25, 0.3) is 0 Å². The molecule has 2 aromatic carbocycles. The van der Waals surface area contributed by atoms with E-state index in [1.54, 1.807) is 14.2 Å². The van der Waals surface area contributed by atoms with Gasteiger partial charge >= 0.3 is 0 Å². The molecular formula is C20H25NO3. The lowest BCUT2D eigenvalue weighted by Crippen LogP contribution is -2.29. The van der Waals surface area contributed by atoms with E-state index in [0.717, 1.165) is 11.1 Å². The second kappa shape index (κ2) is 8.50. The minimum absolute atomic E-state index is 0.111. The highest BCUT2D eigenvalue weighted by atomic mass is 16.5. The Kier molecular flexibility index (Phi) is 6.38. The molecule has 4 nitrogen and oxygen atoms in total. The van der Waals surface area contributed by atoms with Crippen LogP contribution in [0.3, 0.4) is 0 Å². The minimum Gasteiger partial charge on any atom is -0.493 e. The molecule has 0 aliphatic carbocycles. The highest BCUT2D eigenvalue weighted by molar-refractivity contribution is 5.98. The lowest BCUT2D eigenvalue weighted by Gasteiger charge is -2.21. The largest absolute Gasteiger partial charge is 0.493 e. The monoisotopic (exact) mass is 327 g/mol. The zero-order chi connectivity index (χ0) is 17.5. The zero-order valence-corrected chi connectivity index (χ0v) is 14.8. The van der Waals surface area contributed by atoms with Gasteiger partial charge in [0.05, 0.1) is 14.2 Å². The van der Waals surface area contributed by atoms with Crippen LogP contribution < -0.4 is 9.47 Å². The predicted octanol–water partition coefficient (Wildman–Crippen LogP) is 3.31. The van der Waals surface area contributed by atoms with E-state index in [-0.39, 0.29) is 11.7 Å². The van der Waals surface area contributed by atoms with Crippen LogP contribution in [0.25, 0.3) is 0 Å². The summed E-state index contributed by atoms with van der Waals surface area (Å²) in [7, 11) is 7.21. The minimum atomic E-state index is -0.111. The molecule has 0 unspecified atom stereocenters. The molecule has 0 fully saturated rings. The highest BCUT2D eigenvalue weighted by Gasteiger charge is 2.22. The summed E-state index contributed by atoms with van der Waals surface area (Å²) < 4.78 is 10.6. The van der Waals surface area contributed by atoms with Crippen molar-refractivity contribution in [1.82, 2.24) is 4.90 Å². The van der Waals surface area contributed by atoms with E-state index in [0.29, 0.717) is 24.5 Å². The van der Waals surface area contributed by atoms with E-state index in [1.165, 1.54) is 0 Å². The first-order valence-corrected chi connectivity index (χ1v) is 8.00. The first-order chi connectivity index (χ1) is 11.5. The molecular weight excluding hydrogens is 302 g/mol. The molecule has 0 bridgehead atoms. The average molecular weight is 327 g/mol. The van der Waals surface area contributed by atoms with Crippen LogP contribution in [0, 0.1) is 5.92 Å². The number of ether oxygens (including phenoxy) is 2. The maximum Gasteiger partial charge on any atom is 0.167 e. The third kappa shape index (κ3) is 4.59. The molecule has 0 aliphatic heterocycles. The van der Waals surface area contributed by atoms with Crippen LogP contribution in [0.1, 0.15) is 15.9 Å². The first-order valence-electron chi connectivity index (χ1n) is 8.00.